The minimum atomic E-state index is -1.12. The van der Waals surface area contributed by atoms with Gasteiger partial charge in [-0.15, -0.1) is 0 Å². The number of carbonyl (C=O) groups is 4. The second-order valence-corrected chi connectivity index (χ2v) is 9.53. The summed E-state index contributed by atoms with van der Waals surface area (Å²) < 4.78 is 35.3. The van der Waals surface area contributed by atoms with Crippen molar-refractivity contribution in [1.82, 2.24) is 0 Å². The number of ether oxygens (including phenoxy) is 6. The first-order valence-electron chi connectivity index (χ1n) is 13.3. The lowest BCUT2D eigenvalue weighted by Crippen LogP contribution is -2.62. The Morgan fingerprint density at radius 2 is 1.32 bits per heavy atom. The summed E-state index contributed by atoms with van der Waals surface area (Å²) in [6.07, 6.45) is -5.74. The van der Waals surface area contributed by atoms with Crippen LogP contribution in [0.2, 0.25) is 0 Å². The summed E-state index contributed by atoms with van der Waals surface area (Å²) in [6.45, 7) is 1.39. The number of ketones is 1. The van der Waals surface area contributed by atoms with Gasteiger partial charge in [0.15, 0.2) is 12.4 Å². The maximum atomic E-state index is 12.7. The number of hydrogen-bond donors (Lipinski definition) is 1. The van der Waals surface area contributed by atoms with E-state index in [0.29, 0.717) is 0 Å². The molecule has 1 fully saturated rings. The van der Waals surface area contributed by atoms with E-state index < -0.39 is 48.6 Å². The van der Waals surface area contributed by atoms with Crippen LogP contribution in [0.4, 0.5) is 0 Å². The van der Waals surface area contributed by atoms with Gasteiger partial charge in [-0.05, 0) is 18.1 Å². The fourth-order valence-electron chi connectivity index (χ4n) is 4.20. The molecular weight excluding hydrogens is 536 g/mol. The van der Waals surface area contributed by atoms with Crippen molar-refractivity contribution >= 4 is 23.7 Å². The maximum Gasteiger partial charge on any atom is 0.306 e. The standard InChI is InChI=1S/C30H36O11/c1-20(31)13-15-26(35)41-29-28(39-18-22-11-7-4-8-12-22)27(38-17-21-9-5-3-6-10-21)23(40-30(29)36-2)19-37-25(34)16-14-24(32)33/h3-12,23,27-30H,13-19H2,1-2H3,(H,32,33)/t23-,27-,28+,29+,30+/m1/s1. The van der Waals surface area contributed by atoms with Gasteiger partial charge in [0.05, 0.1) is 32.5 Å². The Kier molecular flexibility index (Phi) is 12.9. The first kappa shape index (κ1) is 31.9. The molecule has 11 heteroatoms. The van der Waals surface area contributed by atoms with Crippen molar-refractivity contribution in [1.29, 1.82) is 0 Å². The number of Topliss-reactive ketones (excluding diaryl/α,β-unsaturated/α-hetero) is 1. The van der Waals surface area contributed by atoms with Gasteiger partial charge >= 0.3 is 17.9 Å². The molecule has 5 atom stereocenters. The molecule has 41 heavy (non-hydrogen) atoms. The molecule has 0 amide bonds. The molecule has 1 aliphatic rings. The predicted octanol–water partition coefficient (Wildman–Crippen LogP) is 3.22. The Hall–Kier alpha value is -3.64. The smallest absolute Gasteiger partial charge is 0.306 e. The number of esters is 2. The van der Waals surface area contributed by atoms with E-state index >= 15 is 0 Å². The molecule has 2 aromatic carbocycles. The molecule has 0 aliphatic carbocycles. The Morgan fingerprint density at radius 3 is 1.85 bits per heavy atom. The average molecular weight is 573 g/mol. The molecule has 0 aromatic heterocycles. The zero-order valence-electron chi connectivity index (χ0n) is 23.1. The molecule has 0 saturated carbocycles. The van der Waals surface area contributed by atoms with Crippen LogP contribution in [0, 0.1) is 0 Å². The Labute approximate surface area is 238 Å². The third-order valence-corrected chi connectivity index (χ3v) is 6.29. The van der Waals surface area contributed by atoms with Crippen LogP contribution in [0.5, 0.6) is 0 Å². The second-order valence-electron chi connectivity index (χ2n) is 9.53. The number of carbonyl (C=O) groups excluding carboxylic acids is 3. The molecule has 0 spiro atoms. The number of hydrogen-bond acceptors (Lipinski definition) is 10. The van der Waals surface area contributed by atoms with E-state index in [1.54, 1.807) is 0 Å². The molecule has 1 saturated heterocycles. The number of rotatable bonds is 16. The summed E-state index contributed by atoms with van der Waals surface area (Å²) in [5.41, 5.74) is 1.71. The molecule has 2 aromatic rings. The van der Waals surface area contributed by atoms with Crippen molar-refractivity contribution in [3.8, 4) is 0 Å². The fourth-order valence-corrected chi connectivity index (χ4v) is 4.20. The van der Waals surface area contributed by atoms with Gasteiger partial charge in [-0.3, -0.25) is 14.4 Å². The van der Waals surface area contributed by atoms with Crippen LogP contribution in [0.1, 0.15) is 43.7 Å². The zero-order chi connectivity index (χ0) is 29.6. The van der Waals surface area contributed by atoms with Crippen LogP contribution in [0.15, 0.2) is 60.7 Å². The van der Waals surface area contributed by atoms with Crippen LogP contribution in [0.25, 0.3) is 0 Å². The number of methoxy groups -OCH3 is 1. The highest BCUT2D eigenvalue weighted by atomic mass is 16.7. The molecule has 1 N–H and O–H groups in total. The minimum Gasteiger partial charge on any atom is -0.481 e. The Balaban J connectivity index is 1.87. The summed E-state index contributed by atoms with van der Waals surface area (Å²) in [7, 11) is 1.37. The van der Waals surface area contributed by atoms with E-state index in [1.807, 2.05) is 60.7 Å². The van der Waals surface area contributed by atoms with Gasteiger partial charge in [0.1, 0.15) is 30.7 Å². The monoisotopic (exact) mass is 572 g/mol. The van der Waals surface area contributed by atoms with Gasteiger partial charge < -0.3 is 38.3 Å². The molecule has 3 rings (SSSR count). The third-order valence-electron chi connectivity index (χ3n) is 6.29. The van der Waals surface area contributed by atoms with Gasteiger partial charge in [0, 0.05) is 13.5 Å². The van der Waals surface area contributed by atoms with Crippen LogP contribution in [-0.2, 0) is 60.8 Å². The van der Waals surface area contributed by atoms with E-state index in [1.165, 1.54) is 14.0 Å². The summed E-state index contributed by atoms with van der Waals surface area (Å²) in [5, 5.41) is 8.88. The second kappa shape index (κ2) is 16.6. The van der Waals surface area contributed by atoms with E-state index in [0.717, 1.165) is 11.1 Å². The van der Waals surface area contributed by atoms with E-state index in [4.69, 9.17) is 33.5 Å². The molecule has 11 nitrogen and oxygen atoms in total. The van der Waals surface area contributed by atoms with Crippen molar-refractivity contribution in [3.05, 3.63) is 71.8 Å². The van der Waals surface area contributed by atoms with Crippen LogP contribution >= 0.6 is 0 Å². The highest BCUT2D eigenvalue weighted by Gasteiger charge is 2.50. The van der Waals surface area contributed by atoms with Crippen LogP contribution in [0.3, 0.4) is 0 Å². The molecule has 1 aliphatic heterocycles. The summed E-state index contributed by atoms with van der Waals surface area (Å²) in [4.78, 5) is 47.2. The molecular formula is C30H36O11. The van der Waals surface area contributed by atoms with Crippen LogP contribution < -0.4 is 0 Å². The van der Waals surface area contributed by atoms with E-state index in [2.05, 4.69) is 0 Å². The predicted molar refractivity (Wildman–Crippen MR) is 143 cm³/mol. The molecule has 0 radical (unpaired) electrons. The van der Waals surface area contributed by atoms with E-state index in [-0.39, 0.29) is 51.3 Å². The van der Waals surface area contributed by atoms with Crippen LogP contribution in [-0.4, -0.2) is 73.2 Å². The molecule has 222 valence electrons. The molecule has 0 bridgehead atoms. The lowest BCUT2D eigenvalue weighted by molar-refractivity contribution is -0.314. The number of benzene rings is 2. The van der Waals surface area contributed by atoms with Gasteiger partial charge in [-0.25, -0.2) is 0 Å². The van der Waals surface area contributed by atoms with Crippen molar-refractivity contribution in [2.24, 2.45) is 0 Å². The number of aliphatic carboxylic acids is 1. The van der Waals surface area contributed by atoms with Gasteiger partial charge in [-0.1, -0.05) is 60.7 Å². The van der Waals surface area contributed by atoms with Gasteiger partial charge in [-0.2, -0.15) is 0 Å². The zero-order valence-corrected chi connectivity index (χ0v) is 23.1. The summed E-state index contributed by atoms with van der Waals surface area (Å²) in [5.74, 6) is -2.63. The first-order valence-corrected chi connectivity index (χ1v) is 13.3. The van der Waals surface area contributed by atoms with Crippen molar-refractivity contribution in [2.45, 2.75) is 76.5 Å². The Morgan fingerprint density at radius 1 is 0.756 bits per heavy atom. The summed E-state index contributed by atoms with van der Waals surface area (Å²) >= 11 is 0. The van der Waals surface area contributed by atoms with E-state index in [9.17, 15) is 19.2 Å². The average Bonchev–Trinajstić information content (AvgIpc) is 2.97. The normalized spacial score (nSPS) is 22.0. The number of carboxylic acid groups (broad SMARTS) is 1. The van der Waals surface area contributed by atoms with Gasteiger partial charge in [0.2, 0.25) is 0 Å². The highest BCUT2D eigenvalue weighted by molar-refractivity contribution is 5.81. The molecule has 0 unspecified atom stereocenters. The third kappa shape index (κ3) is 10.7. The highest BCUT2D eigenvalue weighted by Crippen LogP contribution is 2.31. The van der Waals surface area contributed by atoms with Crippen molar-refractivity contribution in [3.63, 3.8) is 0 Å². The lowest BCUT2D eigenvalue weighted by atomic mass is 9.97. The fraction of sp³-hybridized carbons (Fsp3) is 0.467. The topological polar surface area (TPSA) is 144 Å². The SMILES string of the molecule is CO[C@H]1O[C@H](COC(=O)CCC(=O)O)[C@@H](OCc2ccccc2)[C@H](OCc2ccccc2)[C@@H]1OC(=O)CCC(C)=O. The quantitative estimate of drug-likeness (QED) is 0.296. The Bertz CT molecular complexity index is 1120. The number of carboxylic acids is 1. The maximum absolute atomic E-state index is 12.7. The molecule has 1 heterocycles. The van der Waals surface area contributed by atoms with Gasteiger partial charge in [0.25, 0.3) is 0 Å². The lowest BCUT2D eigenvalue weighted by Gasteiger charge is -2.45. The van der Waals surface area contributed by atoms with Crippen molar-refractivity contribution < 1.29 is 52.7 Å². The first-order chi connectivity index (χ1) is 19.8. The minimum absolute atomic E-state index is 0.0163. The largest absolute Gasteiger partial charge is 0.481 e. The van der Waals surface area contributed by atoms with Crippen molar-refractivity contribution in [2.75, 3.05) is 13.7 Å². The summed E-state index contributed by atoms with van der Waals surface area (Å²) in [6, 6.07) is 18.7.